The first kappa shape index (κ1) is 9.15. The molecular formula is C10H13N3O. The smallest absolute Gasteiger partial charge is 0.109 e. The van der Waals surface area contributed by atoms with Gasteiger partial charge < -0.3 is 4.74 Å². The summed E-state index contributed by atoms with van der Waals surface area (Å²) in [4.78, 5) is 4.38. The Balaban J connectivity index is 2.37. The molecule has 74 valence electrons. The minimum Gasteiger partial charge on any atom is -0.383 e. The Bertz CT molecular complexity index is 436. The molecule has 0 saturated carbocycles. The summed E-state index contributed by atoms with van der Waals surface area (Å²) in [6.07, 6.45) is 1.79. The van der Waals surface area contributed by atoms with E-state index >= 15 is 0 Å². The lowest BCUT2D eigenvalue weighted by Crippen LogP contribution is -2.05. The van der Waals surface area contributed by atoms with Gasteiger partial charge in [0, 0.05) is 12.8 Å². The molecule has 0 atom stereocenters. The molecule has 2 rings (SSSR count). The third-order valence-corrected chi connectivity index (χ3v) is 2.15. The maximum absolute atomic E-state index is 5.01. The third-order valence-electron chi connectivity index (χ3n) is 2.15. The van der Waals surface area contributed by atoms with Crippen molar-refractivity contribution in [2.24, 2.45) is 0 Å². The summed E-state index contributed by atoms with van der Waals surface area (Å²) in [6.45, 7) is 3.42. The van der Waals surface area contributed by atoms with Crippen molar-refractivity contribution in [1.82, 2.24) is 14.8 Å². The number of methoxy groups -OCH3 is 1. The van der Waals surface area contributed by atoms with Crippen LogP contribution in [-0.2, 0) is 11.3 Å². The van der Waals surface area contributed by atoms with Crippen LogP contribution in [-0.4, -0.2) is 28.5 Å². The molecule has 0 N–H and O–H groups in total. The third kappa shape index (κ3) is 1.61. The summed E-state index contributed by atoms with van der Waals surface area (Å²) in [7, 11) is 1.69. The number of hydrogen-bond donors (Lipinski definition) is 0. The van der Waals surface area contributed by atoms with E-state index in [1.54, 1.807) is 13.3 Å². The van der Waals surface area contributed by atoms with Crippen LogP contribution in [0.3, 0.4) is 0 Å². The molecule has 0 saturated heterocycles. The maximum Gasteiger partial charge on any atom is 0.109 e. The van der Waals surface area contributed by atoms with Crippen LogP contribution >= 0.6 is 0 Å². The molecule has 4 heteroatoms. The highest BCUT2D eigenvalue weighted by atomic mass is 16.5. The highest BCUT2D eigenvalue weighted by Crippen LogP contribution is 2.11. The first-order valence-corrected chi connectivity index (χ1v) is 4.59. The fourth-order valence-corrected chi connectivity index (χ4v) is 1.43. The molecule has 0 fully saturated rings. The van der Waals surface area contributed by atoms with Crippen LogP contribution in [0.5, 0.6) is 0 Å². The second-order valence-electron chi connectivity index (χ2n) is 3.22. The Morgan fingerprint density at radius 3 is 3.07 bits per heavy atom. The van der Waals surface area contributed by atoms with Crippen LogP contribution < -0.4 is 0 Å². The van der Waals surface area contributed by atoms with E-state index in [-0.39, 0.29) is 0 Å². The van der Waals surface area contributed by atoms with Crippen LogP contribution in [0.2, 0.25) is 0 Å². The maximum atomic E-state index is 5.01. The molecule has 0 unspecified atom stereocenters. The van der Waals surface area contributed by atoms with Gasteiger partial charge in [-0.1, -0.05) is 0 Å². The normalized spacial score (nSPS) is 11.0. The van der Waals surface area contributed by atoms with Gasteiger partial charge in [0.2, 0.25) is 0 Å². The van der Waals surface area contributed by atoms with Crippen molar-refractivity contribution in [2.75, 3.05) is 13.7 Å². The Morgan fingerprint density at radius 1 is 1.43 bits per heavy atom. The molecule has 0 aromatic carbocycles. The summed E-state index contributed by atoms with van der Waals surface area (Å²) in [5, 5.41) is 4.25. The summed E-state index contributed by atoms with van der Waals surface area (Å²) < 4.78 is 6.91. The molecule has 0 radical (unpaired) electrons. The van der Waals surface area contributed by atoms with Crippen LogP contribution in [0, 0.1) is 6.92 Å². The summed E-state index contributed by atoms with van der Waals surface area (Å²) in [5.74, 6) is 0. The van der Waals surface area contributed by atoms with Gasteiger partial charge in [-0.15, -0.1) is 0 Å². The van der Waals surface area contributed by atoms with Gasteiger partial charge in [0.1, 0.15) is 5.52 Å². The van der Waals surface area contributed by atoms with E-state index in [4.69, 9.17) is 4.74 Å². The molecule has 2 aromatic heterocycles. The lowest BCUT2D eigenvalue weighted by molar-refractivity contribution is 0.185. The fourth-order valence-electron chi connectivity index (χ4n) is 1.43. The van der Waals surface area contributed by atoms with Crippen molar-refractivity contribution in [2.45, 2.75) is 13.5 Å². The van der Waals surface area contributed by atoms with Crippen molar-refractivity contribution >= 4 is 11.0 Å². The molecule has 0 aliphatic carbocycles. The second kappa shape index (κ2) is 3.75. The van der Waals surface area contributed by atoms with Gasteiger partial charge in [-0.05, 0) is 19.1 Å². The monoisotopic (exact) mass is 191 g/mol. The molecular weight excluding hydrogens is 178 g/mol. The van der Waals surface area contributed by atoms with Gasteiger partial charge in [0.15, 0.2) is 0 Å². The summed E-state index contributed by atoms with van der Waals surface area (Å²) in [5.41, 5.74) is 3.03. The molecule has 0 aliphatic heterocycles. The molecule has 0 amide bonds. The average Bonchev–Trinajstić information content (AvgIpc) is 2.57. The Hall–Kier alpha value is -1.42. The quantitative estimate of drug-likeness (QED) is 0.736. The first-order chi connectivity index (χ1) is 6.81. The van der Waals surface area contributed by atoms with E-state index in [2.05, 4.69) is 10.1 Å². The number of nitrogens with zero attached hydrogens (tertiary/aromatic N) is 3. The van der Waals surface area contributed by atoms with Crippen LogP contribution in [0.25, 0.3) is 11.0 Å². The van der Waals surface area contributed by atoms with Gasteiger partial charge >= 0.3 is 0 Å². The highest BCUT2D eigenvalue weighted by molar-refractivity contribution is 5.73. The molecule has 0 spiro atoms. The van der Waals surface area contributed by atoms with Crippen LogP contribution in [0.1, 0.15) is 5.69 Å². The Kier molecular flexibility index (Phi) is 2.45. The Morgan fingerprint density at radius 2 is 2.29 bits per heavy atom. The number of rotatable bonds is 3. The molecule has 0 bridgehead atoms. The number of fused-ring (bicyclic) bond motifs is 1. The van der Waals surface area contributed by atoms with E-state index in [9.17, 15) is 0 Å². The van der Waals surface area contributed by atoms with E-state index in [0.717, 1.165) is 23.3 Å². The van der Waals surface area contributed by atoms with E-state index < -0.39 is 0 Å². The van der Waals surface area contributed by atoms with Crippen molar-refractivity contribution in [3.8, 4) is 0 Å². The molecule has 2 aromatic rings. The van der Waals surface area contributed by atoms with Crippen molar-refractivity contribution < 1.29 is 4.74 Å². The molecule has 14 heavy (non-hydrogen) atoms. The van der Waals surface area contributed by atoms with Crippen molar-refractivity contribution in [3.05, 3.63) is 24.0 Å². The van der Waals surface area contributed by atoms with Crippen molar-refractivity contribution in [3.63, 3.8) is 0 Å². The lowest BCUT2D eigenvalue weighted by Gasteiger charge is -2.01. The SMILES string of the molecule is COCCn1ncc2nc(C)ccc21. The zero-order valence-corrected chi connectivity index (χ0v) is 8.40. The zero-order chi connectivity index (χ0) is 9.97. The topological polar surface area (TPSA) is 39.9 Å². The van der Waals surface area contributed by atoms with E-state index in [0.29, 0.717) is 6.61 Å². The molecule has 0 aliphatic rings. The fraction of sp³-hybridized carbons (Fsp3) is 0.400. The van der Waals surface area contributed by atoms with Gasteiger partial charge in [-0.2, -0.15) is 5.10 Å². The number of hydrogen-bond acceptors (Lipinski definition) is 3. The summed E-state index contributed by atoms with van der Waals surface area (Å²) >= 11 is 0. The Labute approximate surface area is 82.5 Å². The number of aryl methyl sites for hydroxylation is 1. The second-order valence-corrected chi connectivity index (χ2v) is 3.22. The summed E-state index contributed by atoms with van der Waals surface area (Å²) in [6, 6.07) is 4.04. The lowest BCUT2D eigenvalue weighted by atomic mass is 10.3. The number of aromatic nitrogens is 3. The molecule has 2 heterocycles. The highest BCUT2D eigenvalue weighted by Gasteiger charge is 2.02. The van der Waals surface area contributed by atoms with Crippen molar-refractivity contribution in [1.29, 1.82) is 0 Å². The zero-order valence-electron chi connectivity index (χ0n) is 8.40. The first-order valence-electron chi connectivity index (χ1n) is 4.59. The van der Waals surface area contributed by atoms with Gasteiger partial charge in [0.25, 0.3) is 0 Å². The number of ether oxygens (including phenoxy) is 1. The van der Waals surface area contributed by atoms with Crippen LogP contribution in [0.4, 0.5) is 0 Å². The van der Waals surface area contributed by atoms with Gasteiger partial charge in [-0.3, -0.25) is 4.68 Å². The standard InChI is InChI=1S/C10H13N3O/c1-8-3-4-10-9(12-8)7-11-13(10)5-6-14-2/h3-4,7H,5-6H2,1-2H3. The minimum absolute atomic E-state index is 0.671. The minimum atomic E-state index is 0.671. The average molecular weight is 191 g/mol. The van der Waals surface area contributed by atoms with Gasteiger partial charge in [-0.25, -0.2) is 4.98 Å². The number of pyridine rings is 1. The molecule has 4 nitrogen and oxygen atoms in total. The van der Waals surface area contributed by atoms with Crippen LogP contribution in [0.15, 0.2) is 18.3 Å². The predicted octanol–water partition coefficient (Wildman–Crippen LogP) is 1.39. The predicted molar refractivity (Wildman–Crippen MR) is 54.1 cm³/mol. The largest absolute Gasteiger partial charge is 0.383 e. The van der Waals surface area contributed by atoms with E-state index in [1.165, 1.54) is 0 Å². The van der Waals surface area contributed by atoms with Gasteiger partial charge in [0.05, 0.1) is 24.9 Å². The van der Waals surface area contributed by atoms with E-state index in [1.807, 2.05) is 23.7 Å².